The summed E-state index contributed by atoms with van der Waals surface area (Å²) in [6.07, 6.45) is 1.41. The summed E-state index contributed by atoms with van der Waals surface area (Å²) < 4.78 is 5.69. The van der Waals surface area contributed by atoms with Gasteiger partial charge >= 0.3 is 0 Å². The van der Waals surface area contributed by atoms with E-state index < -0.39 is 0 Å². The largest absolute Gasteiger partial charge is 0.493 e. The van der Waals surface area contributed by atoms with Crippen LogP contribution in [-0.2, 0) is 11.2 Å². The van der Waals surface area contributed by atoms with Gasteiger partial charge in [0.25, 0.3) is 0 Å². The van der Waals surface area contributed by atoms with Crippen LogP contribution in [0.4, 0.5) is 5.69 Å². The average Bonchev–Trinajstić information content (AvgIpc) is 2.31. The molecule has 0 fully saturated rings. The zero-order valence-electron chi connectivity index (χ0n) is 10.7. The van der Waals surface area contributed by atoms with E-state index in [4.69, 9.17) is 4.74 Å². The van der Waals surface area contributed by atoms with Crippen molar-refractivity contribution < 1.29 is 9.53 Å². The number of aryl methyl sites for hydroxylation is 1. The predicted molar refractivity (Wildman–Crippen MR) is 68.5 cm³/mol. The molecule has 1 amide bonds. The van der Waals surface area contributed by atoms with Crippen LogP contribution in [0, 0.1) is 5.92 Å². The van der Waals surface area contributed by atoms with Crippen molar-refractivity contribution in [1.29, 1.82) is 0 Å². The van der Waals surface area contributed by atoms with Crippen molar-refractivity contribution >= 4 is 11.6 Å². The highest BCUT2D eigenvalue weighted by molar-refractivity contribution is 5.95. The molecule has 0 aromatic heterocycles. The zero-order chi connectivity index (χ0) is 12.4. The van der Waals surface area contributed by atoms with Crippen molar-refractivity contribution in [1.82, 2.24) is 0 Å². The summed E-state index contributed by atoms with van der Waals surface area (Å²) in [5.74, 6) is 1.61. The summed E-state index contributed by atoms with van der Waals surface area (Å²) >= 11 is 0. The number of rotatable bonds is 3. The van der Waals surface area contributed by atoms with E-state index in [1.54, 1.807) is 4.90 Å². The second kappa shape index (κ2) is 4.78. The van der Waals surface area contributed by atoms with Crippen LogP contribution in [0.2, 0.25) is 0 Å². The Morgan fingerprint density at radius 3 is 2.82 bits per heavy atom. The van der Waals surface area contributed by atoms with Gasteiger partial charge in [0, 0.05) is 19.2 Å². The minimum absolute atomic E-state index is 0.188. The van der Waals surface area contributed by atoms with Crippen molar-refractivity contribution in [3.8, 4) is 5.75 Å². The van der Waals surface area contributed by atoms with Crippen LogP contribution in [0.5, 0.6) is 5.75 Å². The molecule has 0 saturated carbocycles. The molecule has 0 N–H and O–H groups in total. The predicted octanol–water partition coefficient (Wildman–Crippen LogP) is 2.63. The fourth-order valence-corrected chi connectivity index (χ4v) is 1.99. The third-order valence-corrected chi connectivity index (χ3v) is 2.98. The number of benzene rings is 1. The topological polar surface area (TPSA) is 29.5 Å². The van der Waals surface area contributed by atoms with Crippen LogP contribution < -0.4 is 9.64 Å². The molecule has 0 aliphatic carbocycles. The third kappa shape index (κ3) is 2.60. The molecule has 1 aromatic rings. The van der Waals surface area contributed by atoms with E-state index in [1.165, 1.54) is 5.56 Å². The lowest BCUT2D eigenvalue weighted by Gasteiger charge is -2.26. The monoisotopic (exact) mass is 233 g/mol. The molecule has 0 atom stereocenters. The van der Waals surface area contributed by atoms with Gasteiger partial charge in [-0.3, -0.25) is 4.79 Å². The number of fused-ring (bicyclic) bond motifs is 1. The average molecular weight is 233 g/mol. The first-order chi connectivity index (χ1) is 8.08. The molecular weight excluding hydrogens is 214 g/mol. The van der Waals surface area contributed by atoms with Crippen LogP contribution in [-0.4, -0.2) is 19.6 Å². The Labute approximate surface area is 102 Å². The number of carbonyl (C=O) groups is 1. The fraction of sp³-hybridized carbons (Fsp3) is 0.500. The Morgan fingerprint density at radius 2 is 2.12 bits per heavy atom. The number of amides is 1. The number of ether oxygens (including phenoxy) is 1. The molecule has 1 aliphatic heterocycles. The smallest absolute Gasteiger partial charge is 0.227 e. The number of hydrogen-bond acceptors (Lipinski definition) is 2. The van der Waals surface area contributed by atoms with Gasteiger partial charge in [-0.1, -0.05) is 13.8 Å². The first kappa shape index (κ1) is 12.0. The molecule has 3 heteroatoms. The Bertz CT molecular complexity index is 426. The van der Waals surface area contributed by atoms with E-state index >= 15 is 0 Å². The Hall–Kier alpha value is -1.51. The summed E-state index contributed by atoms with van der Waals surface area (Å²) in [6, 6.07) is 5.97. The van der Waals surface area contributed by atoms with Crippen LogP contribution in [0.1, 0.15) is 25.8 Å². The van der Waals surface area contributed by atoms with Gasteiger partial charge in [0.2, 0.25) is 5.91 Å². The van der Waals surface area contributed by atoms with Gasteiger partial charge < -0.3 is 9.64 Å². The second-order valence-electron chi connectivity index (χ2n) is 4.95. The van der Waals surface area contributed by atoms with E-state index in [0.29, 0.717) is 12.3 Å². The van der Waals surface area contributed by atoms with Gasteiger partial charge in [-0.25, -0.2) is 0 Å². The van der Waals surface area contributed by atoms with Crippen LogP contribution in [0.15, 0.2) is 18.2 Å². The Balaban J connectivity index is 2.17. The van der Waals surface area contributed by atoms with Crippen molar-refractivity contribution in [3.63, 3.8) is 0 Å². The highest BCUT2D eigenvalue weighted by atomic mass is 16.5. The van der Waals surface area contributed by atoms with Crippen LogP contribution in [0.25, 0.3) is 0 Å². The third-order valence-electron chi connectivity index (χ3n) is 2.98. The normalized spacial score (nSPS) is 15.1. The molecule has 0 saturated heterocycles. The van der Waals surface area contributed by atoms with Gasteiger partial charge in [-0.15, -0.1) is 0 Å². The molecule has 1 heterocycles. The first-order valence-corrected chi connectivity index (χ1v) is 6.10. The van der Waals surface area contributed by atoms with Gasteiger partial charge in [0.05, 0.1) is 6.61 Å². The lowest BCUT2D eigenvalue weighted by Crippen LogP contribution is -2.30. The van der Waals surface area contributed by atoms with Crippen molar-refractivity contribution in [2.24, 2.45) is 5.92 Å². The second-order valence-corrected chi connectivity index (χ2v) is 4.95. The molecule has 0 radical (unpaired) electrons. The van der Waals surface area contributed by atoms with Crippen LogP contribution >= 0.6 is 0 Å². The van der Waals surface area contributed by atoms with Crippen molar-refractivity contribution in [2.75, 3.05) is 18.6 Å². The maximum Gasteiger partial charge on any atom is 0.227 e. The summed E-state index contributed by atoms with van der Waals surface area (Å²) in [4.78, 5) is 13.3. The van der Waals surface area contributed by atoms with Gasteiger partial charge in [-0.05, 0) is 36.1 Å². The number of nitrogens with zero attached hydrogens (tertiary/aromatic N) is 1. The molecule has 0 spiro atoms. The summed E-state index contributed by atoms with van der Waals surface area (Å²) in [6.45, 7) is 4.99. The maximum absolute atomic E-state index is 11.6. The van der Waals surface area contributed by atoms with E-state index in [1.807, 2.05) is 19.2 Å². The minimum Gasteiger partial charge on any atom is -0.493 e. The van der Waals surface area contributed by atoms with Crippen molar-refractivity contribution in [3.05, 3.63) is 23.8 Å². The summed E-state index contributed by atoms with van der Waals surface area (Å²) in [5.41, 5.74) is 2.21. The molecule has 0 unspecified atom stereocenters. The molecule has 3 nitrogen and oxygen atoms in total. The molecule has 2 rings (SSSR count). The minimum atomic E-state index is 0.188. The van der Waals surface area contributed by atoms with Crippen molar-refractivity contribution in [2.45, 2.75) is 26.7 Å². The highest BCUT2D eigenvalue weighted by Crippen LogP contribution is 2.30. The van der Waals surface area contributed by atoms with Gasteiger partial charge in [0.1, 0.15) is 5.75 Å². The maximum atomic E-state index is 11.6. The van der Waals surface area contributed by atoms with Crippen LogP contribution in [0.3, 0.4) is 0 Å². The molecule has 0 bridgehead atoms. The quantitative estimate of drug-likeness (QED) is 0.803. The molecule has 17 heavy (non-hydrogen) atoms. The molecular formula is C14H19NO2. The van der Waals surface area contributed by atoms with Gasteiger partial charge in [0.15, 0.2) is 0 Å². The fourth-order valence-electron chi connectivity index (χ4n) is 1.99. The SMILES string of the molecule is CC(C)COc1ccc2c(c1)CCC(=O)N2C. The molecule has 1 aliphatic rings. The van der Waals surface area contributed by atoms with Gasteiger partial charge in [-0.2, -0.15) is 0 Å². The standard InChI is InChI=1S/C14H19NO2/c1-10(2)9-17-12-5-6-13-11(8-12)4-7-14(16)15(13)3/h5-6,8,10H,4,7,9H2,1-3H3. The number of carbonyl (C=O) groups excluding carboxylic acids is 1. The Kier molecular flexibility index (Phi) is 3.36. The molecule has 1 aromatic carbocycles. The lowest BCUT2D eigenvalue weighted by atomic mass is 10.0. The Morgan fingerprint density at radius 1 is 1.35 bits per heavy atom. The molecule has 92 valence electrons. The number of anilines is 1. The summed E-state index contributed by atoms with van der Waals surface area (Å²) in [7, 11) is 1.83. The zero-order valence-corrected chi connectivity index (χ0v) is 10.7. The van der Waals surface area contributed by atoms with E-state index in [2.05, 4.69) is 19.9 Å². The van der Waals surface area contributed by atoms with E-state index in [0.717, 1.165) is 24.5 Å². The first-order valence-electron chi connectivity index (χ1n) is 6.10. The van der Waals surface area contributed by atoms with E-state index in [9.17, 15) is 4.79 Å². The van der Waals surface area contributed by atoms with E-state index in [-0.39, 0.29) is 5.91 Å². The summed E-state index contributed by atoms with van der Waals surface area (Å²) in [5, 5.41) is 0. The number of hydrogen-bond donors (Lipinski definition) is 0. The highest BCUT2D eigenvalue weighted by Gasteiger charge is 2.20. The lowest BCUT2D eigenvalue weighted by molar-refractivity contribution is -0.118.